The van der Waals surface area contributed by atoms with Crippen LogP contribution in [0.2, 0.25) is 0 Å². The first-order valence-corrected chi connectivity index (χ1v) is 4.77. The molecular formula is C12H15N. The van der Waals surface area contributed by atoms with Gasteiger partial charge in [-0.3, -0.25) is 0 Å². The Morgan fingerprint density at radius 2 is 2.00 bits per heavy atom. The minimum atomic E-state index is 1.13. The van der Waals surface area contributed by atoms with Gasteiger partial charge in [-0.1, -0.05) is 42.0 Å². The number of benzene rings is 1. The molecule has 1 aromatic carbocycles. The summed E-state index contributed by atoms with van der Waals surface area (Å²) in [5, 5.41) is 0. The summed E-state index contributed by atoms with van der Waals surface area (Å²) in [6.45, 7) is 2.34. The van der Waals surface area contributed by atoms with Gasteiger partial charge in [0, 0.05) is 13.1 Å². The molecule has 2 rings (SSSR count). The monoisotopic (exact) mass is 173 g/mol. The van der Waals surface area contributed by atoms with Gasteiger partial charge >= 0.3 is 0 Å². The van der Waals surface area contributed by atoms with Gasteiger partial charge in [0.25, 0.3) is 0 Å². The summed E-state index contributed by atoms with van der Waals surface area (Å²) in [5.74, 6) is 0. The summed E-state index contributed by atoms with van der Waals surface area (Å²) >= 11 is 0. The van der Waals surface area contributed by atoms with E-state index >= 15 is 0 Å². The fraction of sp³-hybridized carbons (Fsp3) is 0.333. The Morgan fingerprint density at radius 1 is 1.23 bits per heavy atom. The molecule has 0 bridgehead atoms. The molecular weight excluding hydrogens is 158 g/mol. The summed E-state index contributed by atoms with van der Waals surface area (Å²) in [7, 11) is 2.17. The van der Waals surface area contributed by atoms with Gasteiger partial charge in [-0.15, -0.1) is 0 Å². The third-order valence-electron chi connectivity index (χ3n) is 2.46. The maximum absolute atomic E-state index is 2.36. The van der Waals surface area contributed by atoms with Crippen molar-refractivity contribution < 1.29 is 0 Å². The van der Waals surface area contributed by atoms with Crippen molar-refractivity contribution in [3.8, 4) is 0 Å². The highest BCUT2D eigenvalue weighted by atomic mass is 15.1. The highest BCUT2D eigenvalue weighted by Crippen LogP contribution is 2.16. The lowest BCUT2D eigenvalue weighted by Gasteiger charge is -2.02. The van der Waals surface area contributed by atoms with Gasteiger partial charge in [-0.05, 0) is 19.0 Å². The lowest BCUT2D eigenvalue weighted by molar-refractivity contribution is 0.425. The van der Waals surface area contributed by atoms with Gasteiger partial charge in [-0.25, -0.2) is 0 Å². The van der Waals surface area contributed by atoms with Crippen LogP contribution in [0.15, 0.2) is 35.9 Å². The molecule has 68 valence electrons. The maximum Gasteiger partial charge on any atom is 0.0193 e. The number of rotatable bonds is 1. The van der Waals surface area contributed by atoms with Gasteiger partial charge in [0.15, 0.2) is 0 Å². The molecule has 0 atom stereocenters. The SMILES string of the molecule is CN1CC/C(=C\c2ccccc2)C1. The molecule has 1 nitrogen and oxygen atoms in total. The molecule has 1 aromatic rings. The van der Waals surface area contributed by atoms with E-state index in [1.807, 2.05) is 0 Å². The Kier molecular flexibility index (Phi) is 2.46. The standard InChI is InChI=1S/C12H15N/c1-13-8-7-12(10-13)9-11-5-3-2-4-6-11/h2-6,9H,7-8,10H2,1H3/b12-9+. The van der Waals surface area contributed by atoms with E-state index < -0.39 is 0 Å². The minimum Gasteiger partial charge on any atom is -0.302 e. The summed E-state index contributed by atoms with van der Waals surface area (Å²) < 4.78 is 0. The normalized spacial score (nSPS) is 21.2. The van der Waals surface area contributed by atoms with Crippen molar-refractivity contribution in [1.82, 2.24) is 4.90 Å². The van der Waals surface area contributed by atoms with Crippen molar-refractivity contribution in [3.63, 3.8) is 0 Å². The summed E-state index contributed by atoms with van der Waals surface area (Å²) in [6.07, 6.45) is 3.54. The van der Waals surface area contributed by atoms with Gasteiger partial charge in [0.1, 0.15) is 0 Å². The van der Waals surface area contributed by atoms with E-state index in [2.05, 4.69) is 48.4 Å². The first kappa shape index (κ1) is 8.52. The van der Waals surface area contributed by atoms with Crippen molar-refractivity contribution in [2.24, 2.45) is 0 Å². The van der Waals surface area contributed by atoms with Crippen LogP contribution in [0, 0.1) is 0 Å². The van der Waals surface area contributed by atoms with Crippen molar-refractivity contribution in [1.29, 1.82) is 0 Å². The smallest absolute Gasteiger partial charge is 0.0193 e. The largest absolute Gasteiger partial charge is 0.302 e. The van der Waals surface area contributed by atoms with Gasteiger partial charge < -0.3 is 4.90 Å². The molecule has 1 fully saturated rings. The fourth-order valence-electron chi connectivity index (χ4n) is 1.74. The fourth-order valence-corrected chi connectivity index (χ4v) is 1.74. The average Bonchev–Trinajstić information content (AvgIpc) is 2.53. The quantitative estimate of drug-likeness (QED) is 0.630. The van der Waals surface area contributed by atoms with E-state index in [-0.39, 0.29) is 0 Å². The van der Waals surface area contributed by atoms with E-state index in [4.69, 9.17) is 0 Å². The van der Waals surface area contributed by atoms with Crippen LogP contribution >= 0.6 is 0 Å². The molecule has 1 heterocycles. The van der Waals surface area contributed by atoms with Crippen LogP contribution in [-0.4, -0.2) is 25.0 Å². The maximum atomic E-state index is 2.36. The van der Waals surface area contributed by atoms with Crippen LogP contribution in [-0.2, 0) is 0 Å². The van der Waals surface area contributed by atoms with Crippen LogP contribution in [0.25, 0.3) is 6.08 Å². The lowest BCUT2D eigenvalue weighted by atomic mass is 10.1. The second kappa shape index (κ2) is 3.75. The molecule has 0 spiro atoms. The molecule has 0 aliphatic carbocycles. The van der Waals surface area contributed by atoms with Crippen LogP contribution < -0.4 is 0 Å². The first-order chi connectivity index (χ1) is 6.34. The zero-order chi connectivity index (χ0) is 9.10. The number of hydrogen-bond acceptors (Lipinski definition) is 1. The lowest BCUT2D eigenvalue weighted by Crippen LogP contribution is -2.11. The Labute approximate surface area is 79.7 Å². The van der Waals surface area contributed by atoms with Crippen molar-refractivity contribution >= 4 is 6.08 Å². The van der Waals surface area contributed by atoms with Gasteiger partial charge in [0.05, 0.1) is 0 Å². The second-order valence-corrected chi connectivity index (χ2v) is 3.70. The predicted molar refractivity (Wildman–Crippen MR) is 56.5 cm³/mol. The topological polar surface area (TPSA) is 3.24 Å². The van der Waals surface area contributed by atoms with Crippen molar-refractivity contribution in [3.05, 3.63) is 41.5 Å². The Bertz CT molecular complexity index is 300. The molecule has 0 saturated carbocycles. The zero-order valence-corrected chi connectivity index (χ0v) is 8.03. The van der Waals surface area contributed by atoms with Crippen LogP contribution in [0.5, 0.6) is 0 Å². The van der Waals surface area contributed by atoms with Gasteiger partial charge in [0.2, 0.25) is 0 Å². The third kappa shape index (κ3) is 2.19. The second-order valence-electron chi connectivity index (χ2n) is 3.70. The van der Waals surface area contributed by atoms with E-state index in [0.717, 1.165) is 6.54 Å². The zero-order valence-electron chi connectivity index (χ0n) is 8.03. The van der Waals surface area contributed by atoms with Crippen molar-refractivity contribution in [2.75, 3.05) is 20.1 Å². The predicted octanol–water partition coefficient (Wildman–Crippen LogP) is 2.41. The molecule has 0 N–H and O–H groups in total. The van der Waals surface area contributed by atoms with Crippen molar-refractivity contribution in [2.45, 2.75) is 6.42 Å². The molecule has 1 aliphatic rings. The molecule has 0 amide bonds. The van der Waals surface area contributed by atoms with Crippen LogP contribution in [0.3, 0.4) is 0 Å². The van der Waals surface area contributed by atoms with Crippen LogP contribution in [0.4, 0.5) is 0 Å². The average molecular weight is 173 g/mol. The summed E-state index contributed by atoms with van der Waals surface area (Å²) in [4.78, 5) is 2.36. The number of nitrogens with zero attached hydrogens (tertiary/aromatic N) is 1. The Morgan fingerprint density at radius 3 is 2.62 bits per heavy atom. The van der Waals surface area contributed by atoms with E-state index in [9.17, 15) is 0 Å². The Balaban J connectivity index is 2.13. The number of hydrogen-bond donors (Lipinski definition) is 0. The third-order valence-corrected chi connectivity index (χ3v) is 2.46. The molecule has 1 aliphatic heterocycles. The molecule has 0 aromatic heterocycles. The molecule has 1 saturated heterocycles. The molecule has 0 radical (unpaired) electrons. The Hall–Kier alpha value is -1.08. The summed E-state index contributed by atoms with van der Waals surface area (Å²) in [5.41, 5.74) is 2.88. The molecule has 0 unspecified atom stereocenters. The van der Waals surface area contributed by atoms with E-state index in [1.54, 1.807) is 5.57 Å². The van der Waals surface area contributed by atoms with Crippen LogP contribution in [0.1, 0.15) is 12.0 Å². The molecule has 13 heavy (non-hydrogen) atoms. The first-order valence-electron chi connectivity index (χ1n) is 4.77. The minimum absolute atomic E-state index is 1.13. The van der Waals surface area contributed by atoms with E-state index in [0.29, 0.717) is 0 Å². The highest BCUT2D eigenvalue weighted by molar-refractivity contribution is 5.53. The number of likely N-dealkylation sites (N-methyl/N-ethyl adjacent to an activating group) is 1. The molecule has 1 heteroatoms. The number of likely N-dealkylation sites (tertiary alicyclic amines) is 1. The summed E-state index contributed by atoms with van der Waals surface area (Å²) in [6, 6.07) is 10.6. The van der Waals surface area contributed by atoms with Gasteiger partial charge in [-0.2, -0.15) is 0 Å². The highest BCUT2D eigenvalue weighted by Gasteiger charge is 2.11. The van der Waals surface area contributed by atoms with E-state index in [1.165, 1.54) is 18.5 Å².